The van der Waals surface area contributed by atoms with Gasteiger partial charge in [0.1, 0.15) is 0 Å². The minimum absolute atomic E-state index is 0.567. The summed E-state index contributed by atoms with van der Waals surface area (Å²) in [5, 5.41) is 0. The number of hydrogen-bond acceptors (Lipinski definition) is 1. The van der Waals surface area contributed by atoms with Crippen molar-refractivity contribution in [1.29, 1.82) is 0 Å². The van der Waals surface area contributed by atoms with Gasteiger partial charge in [-0.3, -0.25) is 0 Å². The third-order valence-electron chi connectivity index (χ3n) is 2.48. The van der Waals surface area contributed by atoms with E-state index in [-0.39, 0.29) is 0 Å². The fourth-order valence-corrected chi connectivity index (χ4v) is 1.83. The number of fused-ring (bicyclic) bond motifs is 1. The molecule has 1 aromatic carbocycles. The van der Waals surface area contributed by atoms with Crippen LogP contribution in [0.3, 0.4) is 0 Å². The van der Waals surface area contributed by atoms with Gasteiger partial charge in [-0.05, 0) is 31.9 Å². The van der Waals surface area contributed by atoms with E-state index < -0.39 is 0 Å². The van der Waals surface area contributed by atoms with E-state index in [9.17, 15) is 0 Å². The zero-order chi connectivity index (χ0) is 9.42. The molecule has 1 aliphatic heterocycles. The van der Waals surface area contributed by atoms with Crippen molar-refractivity contribution in [2.45, 2.75) is 26.3 Å². The molecule has 0 saturated heterocycles. The molecule has 0 aromatic heterocycles. The molecule has 0 amide bonds. The molecule has 64 valence electrons. The van der Waals surface area contributed by atoms with Crippen molar-refractivity contribution in [2.75, 3.05) is 11.4 Å². The van der Waals surface area contributed by atoms with Crippen LogP contribution < -0.4 is 4.90 Å². The van der Waals surface area contributed by atoms with Crippen molar-refractivity contribution in [3.05, 3.63) is 29.8 Å². The molecule has 1 heteroatoms. The standard InChI is InChI=1S/C11H15N/c1-9(2)12-8-7-10-5-3-4-6-11(10)12/h3-6,9H,7-8H2,1-2H3/i3T. The van der Waals surface area contributed by atoms with Gasteiger partial charge in [0.05, 0.1) is 1.37 Å². The van der Waals surface area contributed by atoms with E-state index in [2.05, 4.69) is 24.8 Å². The molecule has 0 fully saturated rings. The van der Waals surface area contributed by atoms with Crippen molar-refractivity contribution >= 4 is 5.69 Å². The zero-order valence-electron chi connectivity index (χ0n) is 8.67. The monoisotopic (exact) mass is 163 g/mol. The first-order chi connectivity index (χ1) is 6.18. The highest BCUT2D eigenvalue weighted by Crippen LogP contribution is 2.28. The van der Waals surface area contributed by atoms with Crippen LogP contribution >= 0.6 is 0 Å². The lowest BCUT2D eigenvalue weighted by Gasteiger charge is -2.23. The highest BCUT2D eigenvalue weighted by molar-refractivity contribution is 5.58. The normalized spacial score (nSPS) is 16.6. The average Bonchev–Trinajstić information content (AvgIpc) is 2.46. The Morgan fingerprint density at radius 3 is 3.08 bits per heavy atom. The van der Waals surface area contributed by atoms with Crippen LogP contribution in [0.2, 0.25) is 0 Å². The van der Waals surface area contributed by atoms with Gasteiger partial charge in [-0.2, -0.15) is 0 Å². The van der Waals surface area contributed by atoms with Crippen LogP contribution in [-0.2, 0) is 6.42 Å². The lowest BCUT2D eigenvalue weighted by Crippen LogP contribution is -2.28. The van der Waals surface area contributed by atoms with E-state index in [4.69, 9.17) is 1.37 Å². The molecular weight excluding hydrogens is 146 g/mol. The van der Waals surface area contributed by atoms with Crippen LogP contribution in [0, 0.1) is 0 Å². The fraction of sp³-hybridized carbons (Fsp3) is 0.455. The topological polar surface area (TPSA) is 3.24 Å². The first-order valence-corrected chi connectivity index (χ1v) is 4.54. The quantitative estimate of drug-likeness (QED) is 0.614. The molecular formula is C11H15N. The van der Waals surface area contributed by atoms with Gasteiger partial charge >= 0.3 is 0 Å². The number of nitrogens with zero attached hydrogens (tertiary/aromatic N) is 1. The van der Waals surface area contributed by atoms with Crippen molar-refractivity contribution in [3.8, 4) is 0 Å². The predicted molar refractivity (Wildman–Crippen MR) is 52.6 cm³/mol. The summed E-state index contributed by atoms with van der Waals surface area (Å²) in [4.78, 5) is 2.40. The third-order valence-corrected chi connectivity index (χ3v) is 2.48. The summed E-state index contributed by atoms with van der Waals surface area (Å²) in [5.74, 6) is 0. The Morgan fingerprint density at radius 1 is 1.50 bits per heavy atom. The second-order valence-corrected chi connectivity index (χ2v) is 3.59. The van der Waals surface area contributed by atoms with Crippen LogP contribution in [0.4, 0.5) is 5.69 Å². The van der Waals surface area contributed by atoms with Gasteiger partial charge in [0.15, 0.2) is 0 Å². The number of anilines is 1. The zero-order valence-corrected chi connectivity index (χ0v) is 7.67. The molecule has 0 bridgehead atoms. The summed E-state index contributed by atoms with van der Waals surface area (Å²) in [7, 11) is 0. The van der Waals surface area contributed by atoms with E-state index in [0.717, 1.165) is 13.0 Å². The van der Waals surface area contributed by atoms with Gasteiger partial charge in [0.2, 0.25) is 0 Å². The minimum atomic E-state index is 0.567. The highest BCUT2D eigenvalue weighted by Gasteiger charge is 2.19. The number of rotatable bonds is 1. The predicted octanol–water partition coefficient (Wildman–Crippen LogP) is 2.46. The summed E-state index contributed by atoms with van der Waals surface area (Å²) in [6, 6.07) is 7.13. The van der Waals surface area contributed by atoms with Gasteiger partial charge in [0, 0.05) is 18.3 Å². The Bertz CT molecular complexity index is 320. The van der Waals surface area contributed by atoms with Crippen LogP contribution in [0.25, 0.3) is 0 Å². The molecule has 0 atom stereocenters. The molecule has 0 radical (unpaired) electrons. The minimum Gasteiger partial charge on any atom is -0.369 e. The maximum absolute atomic E-state index is 7.52. The first-order valence-electron chi connectivity index (χ1n) is 5.04. The molecule has 0 unspecified atom stereocenters. The average molecular weight is 163 g/mol. The van der Waals surface area contributed by atoms with Gasteiger partial charge in [-0.1, -0.05) is 18.2 Å². The first kappa shape index (κ1) is 6.53. The Labute approximate surface area is 75.4 Å². The molecule has 1 heterocycles. The van der Waals surface area contributed by atoms with Crippen molar-refractivity contribution < 1.29 is 1.37 Å². The number of benzene rings is 1. The lowest BCUT2D eigenvalue weighted by molar-refractivity contribution is 0.710. The smallest absolute Gasteiger partial charge is 0.0623 e. The molecule has 0 aliphatic carbocycles. The Kier molecular flexibility index (Phi) is 1.53. The van der Waals surface area contributed by atoms with Crippen molar-refractivity contribution in [2.24, 2.45) is 0 Å². The fourth-order valence-electron chi connectivity index (χ4n) is 1.83. The van der Waals surface area contributed by atoms with Gasteiger partial charge in [-0.15, -0.1) is 0 Å². The van der Waals surface area contributed by atoms with Gasteiger partial charge in [-0.25, -0.2) is 0 Å². The van der Waals surface area contributed by atoms with E-state index in [1.807, 2.05) is 12.1 Å². The van der Waals surface area contributed by atoms with Crippen LogP contribution in [0.1, 0.15) is 20.8 Å². The maximum Gasteiger partial charge on any atom is 0.0623 e. The van der Waals surface area contributed by atoms with E-state index in [0.29, 0.717) is 12.1 Å². The van der Waals surface area contributed by atoms with E-state index in [1.165, 1.54) is 11.3 Å². The second kappa shape index (κ2) is 2.81. The van der Waals surface area contributed by atoms with Crippen LogP contribution in [0.5, 0.6) is 0 Å². The van der Waals surface area contributed by atoms with Gasteiger partial charge in [0.25, 0.3) is 0 Å². The second-order valence-electron chi connectivity index (χ2n) is 3.59. The summed E-state index contributed by atoms with van der Waals surface area (Å²) >= 11 is 0. The molecule has 0 saturated carbocycles. The van der Waals surface area contributed by atoms with Crippen molar-refractivity contribution in [3.63, 3.8) is 0 Å². The summed E-state index contributed by atoms with van der Waals surface area (Å²) in [6.07, 6.45) is 1.10. The summed E-state index contributed by atoms with van der Waals surface area (Å²) in [5.41, 5.74) is 2.66. The van der Waals surface area contributed by atoms with E-state index in [1.54, 1.807) is 0 Å². The maximum atomic E-state index is 7.52. The molecule has 1 aliphatic rings. The molecule has 0 N–H and O–H groups in total. The van der Waals surface area contributed by atoms with Crippen LogP contribution in [0.15, 0.2) is 24.2 Å². The van der Waals surface area contributed by atoms with Crippen LogP contribution in [-0.4, -0.2) is 12.6 Å². The Balaban J connectivity index is 2.38. The molecule has 1 nitrogen and oxygen atoms in total. The van der Waals surface area contributed by atoms with E-state index >= 15 is 0 Å². The number of hydrogen-bond donors (Lipinski definition) is 0. The third kappa shape index (κ3) is 1.09. The molecule has 12 heavy (non-hydrogen) atoms. The summed E-state index contributed by atoms with van der Waals surface area (Å²) < 4.78 is 7.52. The molecule has 1 aromatic rings. The Morgan fingerprint density at radius 2 is 2.33 bits per heavy atom. The lowest BCUT2D eigenvalue weighted by atomic mass is 10.2. The van der Waals surface area contributed by atoms with Gasteiger partial charge < -0.3 is 4.90 Å². The largest absolute Gasteiger partial charge is 0.369 e. The molecule has 0 spiro atoms. The molecule has 2 rings (SSSR count). The number of para-hydroxylation sites is 1. The highest BCUT2D eigenvalue weighted by atomic mass is 15.2. The summed E-state index contributed by atoms with van der Waals surface area (Å²) in [6.45, 7) is 5.53. The van der Waals surface area contributed by atoms with Crippen molar-refractivity contribution in [1.82, 2.24) is 0 Å². The Hall–Kier alpha value is -0.980. The SMILES string of the molecule is [3H]c1ccc2c(c1)CCN2C(C)C.